The summed E-state index contributed by atoms with van der Waals surface area (Å²) >= 11 is 0. The Morgan fingerprint density at radius 3 is 2.55 bits per heavy atom. The quantitative estimate of drug-likeness (QED) is 0.686. The molecule has 6 nitrogen and oxygen atoms in total. The van der Waals surface area contributed by atoms with E-state index in [-0.39, 0.29) is 11.4 Å². The summed E-state index contributed by atoms with van der Waals surface area (Å²) in [6.45, 7) is 6.58. The predicted molar refractivity (Wildman–Crippen MR) is 110 cm³/mol. The number of imidazole rings is 1. The van der Waals surface area contributed by atoms with E-state index in [1.165, 1.54) is 11.3 Å². The number of benzene rings is 1. The Morgan fingerprint density at radius 2 is 1.86 bits per heavy atom. The number of furan rings is 1. The first-order chi connectivity index (χ1) is 14.2. The molecule has 150 valence electrons. The van der Waals surface area contributed by atoms with Crippen LogP contribution in [0.3, 0.4) is 0 Å². The monoisotopic (exact) mass is 390 g/mol. The van der Waals surface area contributed by atoms with E-state index in [4.69, 9.17) is 9.40 Å². The second kappa shape index (κ2) is 7.19. The van der Waals surface area contributed by atoms with Crippen molar-refractivity contribution in [3.63, 3.8) is 0 Å². The van der Waals surface area contributed by atoms with Crippen LogP contribution in [0.2, 0.25) is 0 Å². The lowest BCUT2D eigenvalue weighted by Gasteiger charge is -2.50. The minimum atomic E-state index is -0.111. The number of piperidine rings is 1. The van der Waals surface area contributed by atoms with Crippen LogP contribution in [-0.2, 0) is 12.1 Å². The third-order valence-corrected chi connectivity index (χ3v) is 6.53. The van der Waals surface area contributed by atoms with Crippen molar-refractivity contribution in [1.82, 2.24) is 19.4 Å². The van der Waals surface area contributed by atoms with E-state index in [9.17, 15) is 4.79 Å². The van der Waals surface area contributed by atoms with Crippen molar-refractivity contribution in [2.75, 3.05) is 26.2 Å². The van der Waals surface area contributed by atoms with E-state index in [0.29, 0.717) is 18.8 Å². The van der Waals surface area contributed by atoms with Crippen LogP contribution in [0.5, 0.6) is 0 Å². The molecule has 1 spiro atoms. The van der Waals surface area contributed by atoms with Gasteiger partial charge >= 0.3 is 0 Å². The molecule has 1 aromatic carbocycles. The number of rotatable bonds is 3. The van der Waals surface area contributed by atoms with Crippen molar-refractivity contribution in [2.45, 2.75) is 31.8 Å². The highest BCUT2D eigenvalue weighted by molar-refractivity contribution is 5.91. The molecule has 2 aliphatic rings. The molecule has 6 heteroatoms. The van der Waals surface area contributed by atoms with Crippen LogP contribution < -0.4 is 0 Å². The van der Waals surface area contributed by atoms with E-state index < -0.39 is 0 Å². The standard InChI is InChI=1S/C23H26N4O2/c1-2-26-14-15-27-19(18-7-4-3-5-8-18)17-24-22(27)23(26)10-12-25(13-11-23)21(28)20-9-6-16-29-20/h3-9,16-17H,2,10-15H2,1H3. The largest absolute Gasteiger partial charge is 0.459 e. The lowest BCUT2D eigenvalue weighted by molar-refractivity contribution is -0.00389. The van der Waals surface area contributed by atoms with Gasteiger partial charge in [-0.2, -0.15) is 0 Å². The third-order valence-electron chi connectivity index (χ3n) is 6.53. The van der Waals surface area contributed by atoms with E-state index >= 15 is 0 Å². The average molecular weight is 390 g/mol. The Morgan fingerprint density at radius 1 is 1.07 bits per heavy atom. The van der Waals surface area contributed by atoms with Gasteiger partial charge in [0.2, 0.25) is 0 Å². The number of carbonyl (C=O) groups excluding carboxylic acids is 1. The van der Waals surface area contributed by atoms with E-state index in [0.717, 1.165) is 38.3 Å². The maximum Gasteiger partial charge on any atom is 0.289 e. The molecule has 0 N–H and O–H groups in total. The second-order valence-electron chi connectivity index (χ2n) is 7.87. The van der Waals surface area contributed by atoms with E-state index in [2.05, 4.69) is 40.7 Å². The number of hydrogen-bond donors (Lipinski definition) is 0. The van der Waals surface area contributed by atoms with Gasteiger partial charge in [0, 0.05) is 26.2 Å². The zero-order valence-electron chi connectivity index (χ0n) is 16.8. The lowest BCUT2D eigenvalue weighted by atomic mass is 9.83. The maximum absolute atomic E-state index is 12.7. The number of likely N-dealkylation sites (tertiary alicyclic amines) is 1. The zero-order chi connectivity index (χ0) is 19.8. The van der Waals surface area contributed by atoms with Gasteiger partial charge in [-0.15, -0.1) is 0 Å². The number of nitrogens with zero attached hydrogens (tertiary/aromatic N) is 4. The Hall–Kier alpha value is -2.86. The Balaban J connectivity index is 1.46. The molecule has 2 aromatic heterocycles. The first-order valence-corrected chi connectivity index (χ1v) is 10.4. The molecule has 1 fully saturated rings. The summed E-state index contributed by atoms with van der Waals surface area (Å²) in [6.07, 6.45) is 5.35. The number of aromatic nitrogens is 2. The van der Waals surface area contributed by atoms with Crippen LogP contribution in [0.15, 0.2) is 59.3 Å². The van der Waals surface area contributed by atoms with Gasteiger partial charge in [0.05, 0.1) is 23.7 Å². The smallest absolute Gasteiger partial charge is 0.289 e. The molecule has 5 rings (SSSR count). The van der Waals surface area contributed by atoms with Gasteiger partial charge < -0.3 is 13.9 Å². The molecule has 4 heterocycles. The normalized spacial score (nSPS) is 18.7. The first-order valence-electron chi connectivity index (χ1n) is 10.4. The van der Waals surface area contributed by atoms with Crippen LogP contribution in [0, 0.1) is 0 Å². The molecule has 29 heavy (non-hydrogen) atoms. The molecule has 0 radical (unpaired) electrons. The van der Waals surface area contributed by atoms with Crippen molar-refractivity contribution in [3.05, 3.63) is 66.5 Å². The fourth-order valence-electron chi connectivity index (χ4n) is 5.03. The average Bonchev–Trinajstić information content (AvgIpc) is 3.45. The molecule has 1 amide bonds. The van der Waals surface area contributed by atoms with Crippen molar-refractivity contribution < 1.29 is 9.21 Å². The topological polar surface area (TPSA) is 54.5 Å². The number of likely N-dealkylation sites (N-methyl/N-ethyl adjacent to an activating group) is 1. The fraction of sp³-hybridized carbons (Fsp3) is 0.391. The summed E-state index contributed by atoms with van der Waals surface area (Å²) < 4.78 is 7.71. The molecule has 1 saturated heterocycles. The van der Waals surface area contributed by atoms with Gasteiger partial charge in [-0.3, -0.25) is 9.69 Å². The summed E-state index contributed by atoms with van der Waals surface area (Å²) in [4.78, 5) is 22.1. The Bertz CT molecular complexity index is 985. The maximum atomic E-state index is 12.7. The van der Waals surface area contributed by atoms with Crippen LogP contribution in [0.1, 0.15) is 36.1 Å². The van der Waals surface area contributed by atoms with Crippen LogP contribution in [0.4, 0.5) is 0 Å². The number of fused-ring (bicyclic) bond motifs is 2. The molecule has 3 aromatic rings. The summed E-state index contributed by atoms with van der Waals surface area (Å²) in [6, 6.07) is 14.0. The minimum absolute atomic E-state index is 0.0166. The van der Waals surface area contributed by atoms with Gasteiger partial charge in [0.25, 0.3) is 5.91 Å². The highest BCUT2D eigenvalue weighted by Crippen LogP contribution is 2.42. The highest BCUT2D eigenvalue weighted by atomic mass is 16.3. The highest BCUT2D eigenvalue weighted by Gasteiger charge is 2.47. The Labute approximate surface area is 170 Å². The van der Waals surface area contributed by atoms with E-state index in [1.807, 2.05) is 17.2 Å². The molecule has 0 aliphatic carbocycles. The van der Waals surface area contributed by atoms with Crippen molar-refractivity contribution in [1.29, 1.82) is 0 Å². The van der Waals surface area contributed by atoms with Gasteiger partial charge in [-0.05, 0) is 37.1 Å². The number of carbonyl (C=O) groups is 1. The van der Waals surface area contributed by atoms with Crippen molar-refractivity contribution >= 4 is 5.91 Å². The van der Waals surface area contributed by atoms with Crippen LogP contribution >= 0.6 is 0 Å². The van der Waals surface area contributed by atoms with Gasteiger partial charge in [0.1, 0.15) is 5.82 Å². The SMILES string of the molecule is CCN1CCn2c(-c3ccccc3)cnc2C12CCN(C(=O)c1ccco1)CC2. The molecule has 0 saturated carbocycles. The summed E-state index contributed by atoms with van der Waals surface area (Å²) in [5, 5.41) is 0. The van der Waals surface area contributed by atoms with Crippen molar-refractivity contribution in [3.8, 4) is 11.3 Å². The summed E-state index contributed by atoms with van der Waals surface area (Å²) in [7, 11) is 0. The summed E-state index contributed by atoms with van der Waals surface area (Å²) in [5.74, 6) is 1.55. The molecule has 0 atom stereocenters. The summed E-state index contributed by atoms with van der Waals surface area (Å²) in [5.41, 5.74) is 2.28. The van der Waals surface area contributed by atoms with Gasteiger partial charge in [-0.25, -0.2) is 4.98 Å². The van der Waals surface area contributed by atoms with Crippen LogP contribution in [-0.4, -0.2) is 51.4 Å². The second-order valence-corrected chi connectivity index (χ2v) is 7.87. The number of amides is 1. The molecular weight excluding hydrogens is 364 g/mol. The van der Waals surface area contributed by atoms with Crippen molar-refractivity contribution in [2.24, 2.45) is 0 Å². The van der Waals surface area contributed by atoms with E-state index in [1.54, 1.807) is 18.4 Å². The molecule has 0 bridgehead atoms. The lowest BCUT2D eigenvalue weighted by Crippen LogP contribution is -2.58. The van der Waals surface area contributed by atoms with Gasteiger partial charge in [0.15, 0.2) is 5.76 Å². The number of hydrogen-bond acceptors (Lipinski definition) is 4. The third kappa shape index (κ3) is 2.90. The molecule has 0 unspecified atom stereocenters. The molecular formula is C23H26N4O2. The first kappa shape index (κ1) is 18.2. The van der Waals surface area contributed by atoms with Gasteiger partial charge in [-0.1, -0.05) is 37.3 Å². The predicted octanol–water partition coefficient (Wildman–Crippen LogP) is 3.61. The van der Waals surface area contributed by atoms with Crippen LogP contribution in [0.25, 0.3) is 11.3 Å². The molecule has 2 aliphatic heterocycles. The minimum Gasteiger partial charge on any atom is -0.459 e. The Kier molecular flexibility index (Phi) is 4.51. The zero-order valence-corrected chi connectivity index (χ0v) is 16.8. The fourth-order valence-corrected chi connectivity index (χ4v) is 5.03.